The summed E-state index contributed by atoms with van der Waals surface area (Å²) in [5, 5.41) is 2.86. The maximum Gasteiger partial charge on any atom is 0.260 e. The molecule has 0 saturated carbocycles. The molecule has 0 unspecified atom stereocenters. The van der Waals surface area contributed by atoms with E-state index >= 15 is 0 Å². The van der Waals surface area contributed by atoms with Crippen LogP contribution in [0.5, 0.6) is 11.5 Å². The normalized spacial score (nSPS) is 10.2. The fourth-order valence-electron chi connectivity index (χ4n) is 2.67. The van der Waals surface area contributed by atoms with E-state index in [1.807, 2.05) is 45.0 Å². The molecule has 2 aromatic rings. The Morgan fingerprint density at radius 2 is 1.61 bits per heavy atom. The first kappa shape index (κ1) is 21.3. The first-order valence-corrected chi connectivity index (χ1v) is 9.52. The molecule has 28 heavy (non-hydrogen) atoms. The zero-order valence-electron chi connectivity index (χ0n) is 16.7. The van der Waals surface area contributed by atoms with Crippen LogP contribution in [-0.4, -0.2) is 43.0 Å². The summed E-state index contributed by atoms with van der Waals surface area (Å²) >= 11 is 0. The molecule has 2 aromatic carbocycles. The number of aryl methyl sites for hydroxylation is 1. The maximum atomic E-state index is 12.5. The molecular formula is C22H28N2O4. The van der Waals surface area contributed by atoms with Gasteiger partial charge in [0.05, 0.1) is 13.2 Å². The number of hydrogen-bond donors (Lipinski definition) is 1. The van der Waals surface area contributed by atoms with Gasteiger partial charge in [-0.3, -0.25) is 9.59 Å². The number of nitrogens with one attached hydrogen (secondary N) is 1. The Morgan fingerprint density at radius 1 is 0.964 bits per heavy atom. The van der Waals surface area contributed by atoms with Gasteiger partial charge in [0.2, 0.25) is 5.91 Å². The Labute approximate surface area is 166 Å². The lowest BCUT2D eigenvalue weighted by atomic mass is 10.2. The number of benzene rings is 2. The minimum Gasteiger partial charge on any atom is -0.494 e. The topological polar surface area (TPSA) is 67.9 Å². The van der Waals surface area contributed by atoms with Gasteiger partial charge in [0.25, 0.3) is 5.91 Å². The Balaban J connectivity index is 1.89. The van der Waals surface area contributed by atoms with E-state index < -0.39 is 0 Å². The van der Waals surface area contributed by atoms with Gasteiger partial charge in [-0.1, -0.05) is 25.1 Å². The number of amides is 2. The van der Waals surface area contributed by atoms with Crippen molar-refractivity contribution in [2.75, 3.05) is 31.6 Å². The van der Waals surface area contributed by atoms with Gasteiger partial charge < -0.3 is 19.7 Å². The maximum absolute atomic E-state index is 12.5. The molecule has 0 aliphatic carbocycles. The minimum atomic E-state index is -0.226. The molecular weight excluding hydrogens is 356 g/mol. The third-order valence-electron chi connectivity index (χ3n) is 4.10. The molecule has 0 bridgehead atoms. The van der Waals surface area contributed by atoms with Crippen LogP contribution in [0.2, 0.25) is 0 Å². The molecule has 0 aliphatic rings. The number of carbonyl (C=O) groups is 2. The van der Waals surface area contributed by atoms with Gasteiger partial charge in [0, 0.05) is 12.2 Å². The molecule has 0 aliphatic heterocycles. The van der Waals surface area contributed by atoms with Crippen LogP contribution in [0.3, 0.4) is 0 Å². The largest absolute Gasteiger partial charge is 0.494 e. The number of nitrogens with zero attached hydrogens (tertiary/aromatic N) is 1. The van der Waals surface area contributed by atoms with Crippen molar-refractivity contribution in [3.05, 3.63) is 54.1 Å². The van der Waals surface area contributed by atoms with Crippen LogP contribution in [0.15, 0.2) is 48.5 Å². The Bertz CT molecular complexity index is 774. The average molecular weight is 384 g/mol. The standard InChI is InChI=1S/C22H28N2O4/c1-4-14-24(15-21(25)23-20-9-7-6-8-17(20)3)22(26)16-28-19-12-10-18(11-13-19)27-5-2/h6-13H,4-5,14-16H2,1-3H3,(H,23,25). The van der Waals surface area contributed by atoms with E-state index in [0.29, 0.717) is 18.9 Å². The predicted octanol–water partition coefficient (Wildman–Crippen LogP) is 3.65. The highest BCUT2D eigenvalue weighted by Crippen LogP contribution is 2.17. The first-order chi connectivity index (χ1) is 13.5. The highest BCUT2D eigenvalue weighted by Gasteiger charge is 2.17. The van der Waals surface area contributed by atoms with Gasteiger partial charge in [-0.25, -0.2) is 0 Å². The monoisotopic (exact) mass is 384 g/mol. The third-order valence-corrected chi connectivity index (χ3v) is 4.10. The lowest BCUT2D eigenvalue weighted by molar-refractivity contribution is -0.136. The summed E-state index contributed by atoms with van der Waals surface area (Å²) in [5.41, 5.74) is 1.73. The van der Waals surface area contributed by atoms with E-state index in [1.165, 1.54) is 4.90 Å². The van der Waals surface area contributed by atoms with E-state index in [2.05, 4.69) is 5.32 Å². The van der Waals surface area contributed by atoms with E-state index in [4.69, 9.17) is 9.47 Å². The van der Waals surface area contributed by atoms with E-state index in [0.717, 1.165) is 23.4 Å². The second kappa shape index (κ2) is 11.0. The molecule has 0 spiro atoms. The van der Waals surface area contributed by atoms with Crippen molar-refractivity contribution in [1.82, 2.24) is 4.90 Å². The Kier molecular flexibility index (Phi) is 8.34. The lowest BCUT2D eigenvalue weighted by Gasteiger charge is -2.22. The molecule has 6 nitrogen and oxygen atoms in total. The summed E-state index contributed by atoms with van der Waals surface area (Å²) < 4.78 is 11.0. The highest BCUT2D eigenvalue weighted by atomic mass is 16.5. The number of para-hydroxylation sites is 1. The summed E-state index contributed by atoms with van der Waals surface area (Å²) in [4.78, 5) is 26.4. The molecule has 2 rings (SSSR count). The van der Waals surface area contributed by atoms with Crippen LogP contribution < -0.4 is 14.8 Å². The van der Waals surface area contributed by atoms with Crippen LogP contribution in [0, 0.1) is 6.92 Å². The SMILES string of the molecule is CCCN(CC(=O)Nc1ccccc1C)C(=O)COc1ccc(OCC)cc1. The van der Waals surface area contributed by atoms with Crippen molar-refractivity contribution in [2.45, 2.75) is 27.2 Å². The van der Waals surface area contributed by atoms with Gasteiger partial charge in [-0.15, -0.1) is 0 Å². The number of ether oxygens (including phenoxy) is 2. The molecule has 0 radical (unpaired) electrons. The summed E-state index contributed by atoms with van der Waals surface area (Å²) in [6.07, 6.45) is 0.756. The summed E-state index contributed by atoms with van der Waals surface area (Å²) in [6, 6.07) is 14.6. The van der Waals surface area contributed by atoms with Crippen molar-refractivity contribution in [3.8, 4) is 11.5 Å². The first-order valence-electron chi connectivity index (χ1n) is 9.52. The van der Waals surface area contributed by atoms with Crippen LogP contribution in [-0.2, 0) is 9.59 Å². The Morgan fingerprint density at radius 3 is 2.21 bits per heavy atom. The number of anilines is 1. The fraction of sp³-hybridized carbons (Fsp3) is 0.364. The van der Waals surface area contributed by atoms with Gasteiger partial charge in [0.15, 0.2) is 6.61 Å². The van der Waals surface area contributed by atoms with E-state index in [9.17, 15) is 9.59 Å². The van der Waals surface area contributed by atoms with Crippen molar-refractivity contribution >= 4 is 17.5 Å². The molecule has 6 heteroatoms. The fourth-order valence-corrected chi connectivity index (χ4v) is 2.67. The van der Waals surface area contributed by atoms with Crippen molar-refractivity contribution < 1.29 is 19.1 Å². The Hall–Kier alpha value is -3.02. The van der Waals surface area contributed by atoms with E-state index in [1.54, 1.807) is 24.3 Å². The second-order valence-electron chi connectivity index (χ2n) is 6.37. The predicted molar refractivity (Wildman–Crippen MR) is 110 cm³/mol. The molecule has 2 amide bonds. The smallest absolute Gasteiger partial charge is 0.260 e. The number of hydrogen-bond acceptors (Lipinski definition) is 4. The average Bonchev–Trinajstić information content (AvgIpc) is 2.69. The molecule has 1 N–H and O–H groups in total. The summed E-state index contributed by atoms with van der Waals surface area (Å²) in [6.45, 7) is 6.77. The molecule has 150 valence electrons. The highest BCUT2D eigenvalue weighted by molar-refractivity contribution is 5.95. The molecule has 0 aromatic heterocycles. The number of carbonyl (C=O) groups excluding carboxylic acids is 2. The lowest BCUT2D eigenvalue weighted by Crippen LogP contribution is -2.41. The summed E-state index contributed by atoms with van der Waals surface area (Å²) in [5.74, 6) is 0.882. The van der Waals surface area contributed by atoms with Crippen LogP contribution in [0.1, 0.15) is 25.8 Å². The second-order valence-corrected chi connectivity index (χ2v) is 6.37. The van der Waals surface area contributed by atoms with Crippen molar-refractivity contribution in [2.24, 2.45) is 0 Å². The third kappa shape index (κ3) is 6.61. The number of rotatable bonds is 10. The van der Waals surface area contributed by atoms with Gasteiger partial charge in [0.1, 0.15) is 11.5 Å². The van der Waals surface area contributed by atoms with Gasteiger partial charge >= 0.3 is 0 Å². The quantitative estimate of drug-likeness (QED) is 0.679. The van der Waals surface area contributed by atoms with Gasteiger partial charge in [-0.2, -0.15) is 0 Å². The van der Waals surface area contributed by atoms with Crippen LogP contribution in [0.4, 0.5) is 5.69 Å². The van der Waals surface area contributed by atoms with Crippen molar-refractivity contribution in [3.63, 3.8) is 0 Å². The molecule has 0 fully saturated rings. The summed E-state index contributed by atoms with van der Waals surface area (Å²) in [7, 11) is 0. The van der Waals surface area contributed by atoms with E-state index in [-0.39, 0.29) is 25.0 Å². The van der Waals surface area contributed by atoms with Crippen LogP contribution >= 0.6 is 0 Å². The zero-order valence-corrected chi connectivity index (χ0v) is 16.7. The van der Waals surface area contributed by atoms with Crippen molar-refractivity contribution in [1.29, 1.82) is 0 Å². The molecule has 0 atom stereocenters. The van der Waals surface area contributed by atoms with Gasteiger partial charge in [-0.05, 0) is 56.2 Å². The minimum absolute atomic E-state index is 0.00630. The molecule has 0 heterocycles. The molecule has 0 saturated heterocycles. The zero-order chi connectivity index (χ0) is 20.4. The van der Waals surface area contributed by atoms with Crippen LogP contribution in [0.25, 0.3) is 0 Å².